The molecule has 0 aliphatic rings. The third kappa shape index (κ3) is 4.24. The first-order valence-electron chi connectivity index (χ1n) is 9.71. The molecule has 5 rings (SSSR count). The SMILES string of the molecule is NS(=O)(=O)c1ccc(-n2nc(C(=O)Nc3nc4ccccc4s3)nc2-c2ccccc2)cc1. The van der Waals surface area contributed by atoms with Crippen LogP contribution in [0.4, 0.5) is 5.13 Å². The Morgan fingerprint density at radius 2 is 1.61 bits per heavy atom. The Bertz CT molecular complexity index is 1540. The highest BCUT2D eigenvalue weighted by Crippen LogP contribution is 2.26. The van der Waals surface area contributed by atoms with E-state index < -0.39 is 15.9 Å². The molecule has 2 heterocycles. The molecule has 3 N–H and O–H groups in total. The molecule has 0 radical (unpaired) electrons. The molecule has 5 aromatic rings. The first-order valence-corrected chi connectivity index (χ1v) is 12.1. The number of thiazole rings is 1. The van der Waals surface area contributed by atoms with Crippen LogP contribution in [0.2, 0.25) is 0 Å². The fraction of sp³-hybridized carbons (Fsp3) is 0. The Kier molecular flexibility index (Phi) is 5.21. The van der Waals surface area contributed by atoms with Gasteiger partial charge in [0.05, 0.1) is 20.8 Å². The number of carbonyl (C=O) groups is 1. The number of benzene rings is 3. The number of fused-ring (bicyclic) bond motifs is 1. The zero-order chi connectivity index (χ0) is 23.0. The number of nitrogens with one attached hydrogen (secondary N) is 1. The second-order valence-electron chi connectivity index (χ2n) is 7.02. The highest BCUT2D eigenvalue weighted by molar-refractivity contribution is 7.89. The summed E-state index contributed by atoms with van der Waals surface area (Å²) in [5, 5.41) is 12.8. The van der Waals surface area contributed by atoms with Crippen LogP contribution in [-0.4, -0.2) is 34.1 Å². The number of sulfonamides is 1. The Labute approximate surface area is 192 Å². The molecular weight excluding hydrogens is 460 g/mol. The zero-order valence-corrected chi connectivity index (χ0v) is 18.5. The predicted molar refractivity (Wildman–Crippen MR) is 126 cm³/mol. The van der Waals surface area contributed by atoms with Gasteiger partial charge in [-0.05, 0) is 36.4 Å². The van der Waals surface area contributed by atoms with Gasteiger partial charge in [0.2, 0.25) is 15.8 Å². The molecule has 0 aliphatic carbocycles. The van der Waals surface area contributed by atoms with Gasteiger partial charge < -0.3 is 0 Å². The van der Waals surface area contributed by atoms with E-state index in [1.54, 1.807) is 12.1 Å². The molecule has 0 aliphatic heterocycles. The van der Waals surface area contributed by atoms with Gasteiger partial charge in [-0.25, -0.2) is 28.2 Å². The van der Waals surface area contributed by atoms with Crippen LogP contribution in [-0.2, 0) is 10.0 Å². The number of hydrogen-bond acceptors (Lipinski definition) is 7. The maximum atomic E-state index is 12.9. The molecule has 164 valence electrons. The maximum absolute atomic E-state index is 12.9. The van der Waals surface area contributed by atoms with Crippen molar-refractivity contribution in [2.75, 3.05) is 5.32 Å². The average Bonchev–Trinajstić information content (AvgIpc) is 3.43. The van der Waals surface area contributed by atoms with Gasteiger partial charge in [-0.1, -0.05) is 53.8 Å². The van der Waals surface area contributed by atoms with E-state index in [2.05, 4.69) is 20.4 Å². The minimum atomic E-state index is -3.83. The third-order valence-electron chi connectivity index (χ3n) is 4.77. The Morgan fingerprint density at radius 1 is 0.909 bits per heavy atom. The van der Waals surface area contributed by atoms with Gasteiger partial charge in [-0.15, -0.1) is 5.10 Å². The van der Waals surface area contributed by atoms with Crippen LogP contribution in [0.25, 0.3) is 27.3 Å². The normalized spacial score (nSPS) is 11.5. The molecule has 0 fully saturated rings. The van der Waals surface area contributed by atoms with Crippen LogP contribution in [0.5, 0.6) is 0 Å². The molecule has 2 aromatic heterocycles. The molecule has 3 aromatic carbocycles. The topological polar surface area (TPSA) is 133 Å². The number of carbonyl (C=O) groups excluding carboxylic acids is 1. The number of nitrogens with zero attached hydrogens (tertiary/aromatic N) is 4. The van der Waals surface area contributed by atoms with E-state index in [1.807, 2.05) is 54.6 Å². The van der Waals surface area contributed by atoms with E-state index in [0.29, 0.717) is 16.6 Å². The second kappa shape index (κ2) is 8.20. The lowest BCUT2D eigenvalue weighted by molar-refractivity contribution is 0.101. The molecule has 33 heavy (non-hydrogen) atoms. The largest absolute Gasteiger partial charge is 0.297 e. The lowest BCUT2D eigenvalue weighted by atomic mass is 10.2. The quantitative estimate of drug-likeness (QED) is 0.399. The molecule has 0 spiro atoms. The number of nitrogens with two attached hydrogens (primary N) is 1. The van der Waals surface area contributed by atoms with Crippen molar-refractivity contribution in [3.8, 4) is 17.1 Å². The Balaban J connectivity index is 1.53. The fourth-order valence-corrected chi connectivity index (χ4v) is 4.59. The number of para-hydroxylation sites is 1. The molecule has 0 atom stereocenters. The number of rotatable bonds is 5. The van der Waals surface area contributed by atoms with Gasteiger partial charge in [0.15, 0.2) is 11.0 Å². The van der Waals surface area contributed by atoms with Gasteiger partial charge in [-0.2, -0.15) is 0 Å². The summed E-state index contributed by atoms with van der Waals surface area (Å²) in [6.45, 7) is 0. The van der Waals surface area contributed by atoms with Gasteiger partial charge in [0, 0.05) is 5.56 Å². The predicted octanol–water partition coefficient (Wildman–Crippen LogP) is 3.44. The van der Waals surface area contributed by atoms with Crippen LogP contribution in [0.15, 0.2) is 83.8 Å². The van der Waals surface area contributed by atoms with Crippen molar-refractivity contribution in [2.45, 2.75) is 4.90 Å². The summed E-state index contributed by atoms with van der Waals surface area (Å²) in [5.74, 6) is -0.136. The Morgan fingerprint density at radius 3 is 2.30 bits per heavy atom. The van der Waals surface area contributed by atoms with Crippen molar-refractivity contribution in [3.63, 3.8) is 0 Å². The van der Waals surface area contributed by atoms with Gasteiger partial charge >= 0.3 is 0 Å². The first-order chi connectivity index (χ1) is 15.9. The smallest absolute Gasteiger partial charge is 0.295 e. The molecule has 0 saturated carbocycles. The summed E-state index contributed by atoms with van der Waals surface area (Å²) in [5.41, 5.74) is 2.04. The van der Waals surface area contributed by atoms with Crippen LogP contribution in [0.1, 0.15) is 10.6 Å². The standard InChI is InChI=1S/C22H16N6O3S2/c23-33(30,31)16-12-10-15(11-13-16)28-20(14-6-2-1-3-7-14)25-19(27-28)21(29)26-22-24-17-8-4-5-9-18(17)32-22/h1-13H,(H2,23,30,31)(H,24,26,29). The molecule has 9 nitrogen and oxygen atoms in total. The minimum Gasteiger partial charge on any atom is -0.295 e. The highest BCUT2D eigenvalue weighted by Gasteiger charge is 2.20. The summed E-state index contributed by atoms with van der Waals surface area (Å²) < 4.78 is 25.6. The van der Waals surface area contributed by atoms with Crippen molar-refractivity contribution in [3.05, 3.63) is 84.7 Å². The summed E-state index contributed by atoms with van der Waals surface area (Å²) in [7, 11) is -3.83. The molecule has 11 heteroatoms. The maximum Gasteiger partial charge on any atom is 0.297 e. The fourth-order valence-electron chi connectivity index (χ4n) is 3.22. The monoisotopic (exact) mass is 476 g/mol. The van der Waals surface area contributed by atoms with E-state index >= 15 is 0 Å². The summed E-state index contributed by atoms with van der Waals surface area (Å²) in [4.78, 5) is 21.8. The van der Waals surface area contributed by atoms with E-state index in [4.69, 9.17) is 5.14 Å². The van der Waals surface area contributed by atoms with Gasteiger partial charge in [0.1, 0.15) is 0 Å². The molecule has 0 bridgehead atoms. The van der Waals surface area contributed by atoms with Crippen molar-refractivity contribution in [1.82, 2.24) is 19.7 Å². The van der Waals surface area contributed by atoms with E-state index in [9.17, 15) is 13.2 Å². The number of primary sulfonamides is 1. The van der Waals surface area contributed by atoms with Crippen LogP contribution in [0.3, 0.4) is 0 Å². The summed E-state index contributed by atoms with van der Waals surface area (Å²) >= 11 is 1.35. The van der Waals surface area contributed by atoms with E-state index in [1.165, 1.54) is 28.2 Å². The number of amides is 1. The van der Waals surface area contributed by atoms with Crippen LogP contribution in [0, 0.1) is 0 Å². The lowest BCUT2D eigenvalue weighted by Crippen LogP contribution is -2.14. The number of hydrogen-bond donors (Lipinski definition) is 2. The first kappa shape index (κ1) is 20.9. The molecule has 0 unspecified atom stereocenters. The van der Waals surface area contributed by atoms with Crippen molar-refractivity contribution < 1.29 is 13.2 Å². The summed E-state index contributed by atoms with van der Waals surface area (Å²) in [6, 6.07) is 22.7. The second-order valence-corrected chi connectivity index (χ2v) is 9.61. The van der Waals surface area contributed by atoms with Gasteiger partial charge in [0.25, 0.3) is 5.91 Å². The summed E-state index contributed by atoms with van der Waals surface area (Å²) in [6.07, 6.45) is 0. The van der Waals surface area contributed by atoms with Gasteiger partial charge in [-0.3, -0.25) is 10.1 Å². The molecule has 1 amide bonds. The average molecular weight is 477 g/mol. The van der Waals surface area contributed by atoms with Crippen LogP contribution < -0.4 is 10.5 Å². The highest BCUT2D eigenvalue weighted by atomic mass is 32.2. The number of anilines is 1. The molecular formula is C22H16N6O3S2. The zero-order valence-electron chi connectivity index (χ0n) is 16.9. The van der Waals surface area contributed by atoms with E-state index in [0.717, 1.165) is 15.8 Å². The molecule has 0 saturated heterocycles. The van der Waals surface area contributed by atoms with Crippen molar-refractivity contribution in [2.24, 2.45) is 5.14 Å². The van der Waals surface area contributed by atoms with E-state index in [-0.39, 0.29) is 10.7 Å². The minimum absolute atomic E-state index is 0.0265. The number of aromatic nitrogens is 4. The van der Waals surface area contributed by atoms with Crippen LogP contribution >= 0.6 is 11.3 Å². The lowest BCUT2D eigenvalue weighted by Gasteiger charge is -2.06. The van der Waals surface area contributed by atoms with Crippen molar-refractivity contribution in [1.29, 1.82) is 0 Å². The van der Waals surface area contributed by atoms with Crippen molar-refractivity contribution >= 4 is 42.6 Å². The Hall–Kier alpha value is -3.93. The third-order valence-corrected chi connectivity index (χ3v) is 6.65.